The largest absolute Gasteiger partial charge is 0.492 e. The van der Waals surface area contributed by atoms with Gasteiger partial charge in [0.25, 0.3) is 0 Å². The van der Waals surface area contributed by atoms with Gasteiger partial charge in [0, 0.05) is 38.8 Å². The lowest BCUT2D eigenvalue weighted by atomic mass is 10.0. The number of nitrogens with one attached hydrogen (secondary N) is 2. The number of ether oxygens (including phenoxy) is 4. The molecule has 1 aromatic carbocycles. The monoisotopic (exact) mass is 406 g/mol. The summed E-state index contributed by atoms with van der Waals surface area (Å²) in [5.74, 6) is 3.70. The first-order chi connectivity index (χ1) is 14.2. The van der Waals surface area contributed by atoms with Gasteiger partial charge in [0.15, 0.2) is 17.5 Å². The van der Waals surface area contributed by atoms with Gasteiger partial charge in [-0.15, -0.1) is 0 Å². The van der Waals surface area contributed by atoms with Crippen molar-refractivity contribution in [3.05, 3.63) is 18.2 Å². The predicted molar refractivity (Wildman–Crippen MR) is 113 cm³/mol. The molecule has 1 fully saturated rings. The predicted octanol–water partition coefficient (Wildman–Crippen LogP) is 1.71. The smallest absolute Gasteiger partial charge is 0.231 e. The average molecular weight is 407 g/mol. The van der Waals surface area contributed by atoms with Crippen LogP contribution in [0, 0.1) is 5.92 Å². The van der Waals surface area contributed by atoms with Gasteiger partial charge in [-0.1, -0.05) is 13.8 Å². The molecule has 0 radical (unpaired) electrons. The van der Waals surface area contributed by atoms with E-state index in [4.69, 9.17) is 18.9 Å². The van der Waals surface area contributed by atoms with Crippen molar-refractivity contribution in [3.63, 3.8) is 0 Å². The summed E-state index contributed by atoms with van der Waals surface area (Å²) in [4.78, 5) is 6.86. The summed E-state index contributed by atoms with van der Waals surface area (Å²) in [5.41, 5.74) is 0. The molecule has 1 aromatic rings. The Bertz CT molecular complexity index is 662. The molecule has 0 saturated carbocycles. The lowest BCUT2D eigenvalue weighted by Crippen LogP contribution is -2.51. The Hall–Kier alpha value is -2.19. The number of guanidine groups is 1. The second-order valence-electron chi connectivity index (χ2n) is 7.68. The molecule has 0 bridgehead atoms. The van der Waals surface area contributed by atoms with Crippen LogP contribution in [0.15, 0.2) is 23.2 Å². The van der Waals surface area contributed by atoms with E-state index >= 15 is 0 Å². The summed E-state index contributed by atoms with van der Waals surface area (Å²) in [6.07, 6.45) is 1.15. The van der Waals surface area contributed by atoms with E-state index in [2.05, 4.69) is 34.4 Å². The summed E-state index contributed by atoms with van der Waals surface area (Å²) < 4.78 is 22.0. The van der Waals surface area contributed by atoms with E-state index in [1.165, 1.54) is 0 Å². The van der Waals surface area contributed by atoms with Crippen LogP contribution in [-0.2, 0) is 4.74 Å². The van der Waals surface area contributed by atoms with Crippen molar-refractivity contribution in [2.75, 3.05) is 59.8 Å². The molecule has 2 aliphatic rings. The van der Waals surface area contributed by atoms with Gasteiger partial charge in [-0.2, -0.15) is 0 Å². The van der Waals surface area contributed by atoms with Gasteiger partial charge in [0.05, 0.1) is 19.8 Å². The molecule has 1 unspecified atom stereocenters. The summed E-state index contributed by atoms with van der Waals surface area (Å²) in [7, 11) is 1.79. The maximum Gasteiger partial charge on any atom is 0.231 e. The SMILES string of the molecule is CN=C(NCCOc1ccc2c(c1)OCO2)NCC(CC(C)C)N1CCOCC1. The van der Waals surface area contributed by atoms with Gasteiger partial charge in [-0.3, -0.25) is 9.89 Å². The van der Waals surface area contributed by atoms with Gasteiger partial charge in [-0.05, 0) is 24.5 Å². The molecule has 1 atom stereocenters. The Morgan fingerprint density at radius 1 is 1.17 bits per heavy atom. The number of morpholine rings is 1. The second-order valence-corrected chi connectivity index (χ2v) is 7.68. The van der Waals surface area contributed by atoms with Crippen LogP contribution in [-0.4, -0.2) is 76.7 Å². The lowest BCUT2D eigenvalue weighted by Gasteiger charge is -2.35. The Morgan fingerprint density at radius 3 is 2.72 bits per heavy atom. The summed E-state index contributed by atoms with van der Waals surface area (Å²) in [6, 6.07) is 6.09. The molecule has 0 spiro atoms. The molecule has 2 N–H and O–H groups in total. The number of nitrogens with zero attached hydrogens (tertiary/aromatic N) is 2. The molecular formula is C21H34N4O4. The number of rotatable bonds is 9. The standard InChI is InChI=1S/C21H34N4O4/c1-16(2)12-17(25-7-10-26-11-8-25)14-24-21(22-3)23-6-9-27-18-4-5-19-20(13-18)29-15-28-19/h4-5,13,16-17H,6-12,14-15H2,1-3H3,(H2,22,23,24). The second kappa shape index (κ2) is 11.1. The zero-order chi connectivity index (χ0) is 20.5. The number of fused-ring (bicyclic) bond motifs is 1. The van der Waals surface area contributed by atoms with E-state index in [9.17, 15) is 0 Å². The van der Waals surface area contributed by atoms with Crippen molar-refractivity contribution in [2.45, 2.75) is 26.3 Å². The van der Waals surface area contributed by atoms with Crippen LogP contribution in [0.2, 0.25) is 0 Å². The molecular weight excluding hydrogens is 372 g/mol. The highest BCUT2D eigenvalue weighted by atomic mass is 16.7. The van der Waals surface area contributed by atoms with Crippen molar-refractivity contribution in [1.82, 2.24) is 15.5 Å². The zero-order valence-corrected chi connectivity index (χ0v) is 17.8. The van der Waals surface area contributed by atoms with Crippen LogP contribution in [0.1, 0.15) is 20.3 Å². The molecule has 0 aromatic heterocycles. The molecule has 3 rings (SSSR count). The van der Waals surface area contributed by atoms with Crippen molar-refractivity contribution < 1.29 is 18.9 Å². The average Bonchev–Trinajstić information content (AvgIpc) is 3.20. The normalized spacial score (nSPS) is 18.0. The van der Waals surface area contributed by atoms with E-state index in [1.807, 2.05) is 18.2 Å². The molecule has 0 amide bonds. The van der Waals surface area contributed by atoms with E-state index in [-0.39, 0.29) is 6.79 Å². The summed E-state index contributed by atoms with van der Waals surface area (Å²) >= 11 is 0. The summed E-state index contributed by atoms with van der Waals surface area (Å²) in [5, 5.41) is 6.79. The molecule has 8 heteroatoms. The fourth-order valence-corrected chi connectivity index (χ4v) is 3.59. The van der Waals surface area contributed by atoms with Gasteiger partial charge in [0.1, 0.15) is 12.4 Å². The minimum atomic E-state index is 0.268. The van der Waals surface area contributed by atoms with Crippen molar-refractivity contribution in [1.29, 1.82) is 0 Å². The molecule has 162 valence electrons. The maximum absolute atomic E-state index is 5.80. The van der Waals surface area contributed by atoms with Crippen molar-refractivity contribution >= 4 is 5.96 Å². The Morgan fingerprint density at radius 2 is 1.97 bits per heavy atom. The highest BCUT2D eigenvalue weighted by Crippen LogP contribution is 2.34. The number of hydrogen-bond donors (Lipinski definition) is 2. The van der Waals surface area contributed by atoms with Crippen LogP contribution in [0.4, 0.5) is 0 Å². The van der Waals surface area contributed by atoms with E-state index in [1.54, 1.807) is 7.05 Å². The topological polar surface area (TPSA) is 76.6 Å². The summed E-state index contributed by atoms with van der Waals surface area (Å²) in [6.45, 7) is 10.5. The first-order valence-electron chi connectivity index (χ1n) is 10.4. The van der Waals surface area contributed by atoms with Gasteiger partial charge in [-0.25, -0.2) is 0 Å². The molecule has 29 heavy (non-hydrogen) atoms. The fourth-order valence-electron chi connectivity index (χ4n) is 3.59. The highest BCUT2D eigenvalue weighted by Gasteiger charge is 2.22. The third-order valence-electron chi connectivity index (χ3n) is 5.04. The molecule has 1 saturated heterocycles. The van der Waals surface area contributed by atoms with Crippen molar-refractivity contribution in [3.8, 4) is 17.2 Å². The first kappa shape index (κ1) is 21.5. The fraction of sp³-hybridized carbons (Fsp3) is 0.667. The van der Waals surface area contributed by atoms with Gasteiger partial charge < -0.3 is 29.6 Å². The van der Waals surface area contributed by atoms with Crippen molar-refractivity contribution in [2.24, 2.45) is 10.9 Å². The van der Waals surface area contributed by atoms with E-state index in [0.29, 0.717) is 25.1 Å². The molecule has 2 heterocycles. The van der Waals surface area contributed by atoms with E-state index in [0.717, 1.165) is 62.5 Å². The number of aliphatic imine (C=N–C) groups is 1. The van der Waals surface area contributed by atoms with Crippen LogP contribution >= 0.6 is 0 Å². The third-order valence-corrected chi connectivity index (χ3v) is 5.04. The Kier molecular flexibility index (Phi) is 8.25. The zero-order valence-electron chi connectivity index (χ0n) is 17.8. The molecule has 0 aliphatic carbocycles. The van der Waals surface area contributed by atoms with E-state index < -0.39 is 0 Å². The highest BCUT2D eigenvalue weighted by molar-refractivity contribution is 5.79. The van der Waals surface area contributed by atoms with Crippen LogP contribution in [0.5, 0.6) is 17.2 Å². The Balaban J connectivity index is 1.39. The lowest BCUT2D eigenvalue weighted by molar-refractivity contribution is 0.0132. The maximum atomic E-state index is 5.80. The minimum Gasteiger partial charge on any atom is -0.492 e. The Labute approximate surface area is 173 Å². The van der Waals surface area contributed by atoms with Gasteiger partial charge >= 0.3 is 0 Å². The van der Waals surface area contributed by atoms with Crippen LogP contribution in [0.3, 0.4) is 0 Å². The number of hydrogen-bond acceptors (Lipinski definition) is 6. The van der Waals surface area contributed by atoms with Crippen LogP contribution < -0.4 is 24.8 Å². The molecule has 8 nitrogen and oxygen atoms in total. The first-order valence-corrected chi connectivity index (χ1v) is 10.4. The molecule has 2 aliphatic heterocycles. The van der Waals surface area contributed by atoms with Crippen LogP contribution in [0.25, 0.3) is 0 Å². The van der Waals surface area contributed by atoms with Gasteiger partial charge in [0.2, 0.25) is 6.79 Å². The minimum absolute atomic E-state index is 0.268. The quantitative estimate of drug-likeness (QED) is 0.367. The third kappa shape index (κ3) is 6.68. The number of benzene rings is 1.